The van der Waals surface area contributed by atoms with E-state index in [1.807, 2.05) is 44.2 Å². The number of ether oxygens (including phenoxy) is 1. The van der Waals surface area contributed by atoms with Crippen molar-refractivity contribution < 1.29 is 17.9 Å². The zero-order valence-electron chi connectivity index (χ0n) is 21.7. The van der Waals surface area contributed by atoms with Gasteiger partial charge in [-0.15, -0.1) is 0 Å². The molecule has 8 heteroatoms. The molecule has 0 aromatic heterocycles. The predicted molar refractivity (Wildman–Crippen MR) is 147 cm³/mol. The van der Waals surface area contributed by atoms with Crippen LogP contribution in [0.4, 0.5) is 5.69 Å². The molecule has 7 nitrogen and oxygen atoms in total. The van der Waals surface area contributed by atoms with Crippen molar-refractivity contribution >= 4 is 21.6 Å². The van der Waals surface area contributed by atoms with E-state index < -0.39 is 10.0 Å². The van der Waals surface area contributed by atoms with E-state index in [9.17, 15) is 13.2 Å². The predicted octanol–water partition coefficient (Wildman–Crippen LogP) is 4.03. The van der Waals surface area contributed by atoms with Crippen molar-refractivity contribution in [3.8, 4) is 0 Å². The van der Waals surface area contributed by atoms with Gasteiger partial charge in [0.05, 0.1) is 31.7 Å². The van der Waals surface area contributed by atoms with Crippen molar-refractivity contribution in [3.63, 3.8) is 0 Å². The fourth-order valence-corrected chi connectivity index (χ4v) is 5.23. The summed E-state index contributed by atoms with van der Waals surface area (Å²) < 4.78 is 31.8. The second kappa shape index (κ2) is 11.9. The highest BCUT2D eigenvalue weighted by atomic mass is 32.2. The SMILES string of the molecule is Cc1ccc(N(Cc2ccc(C(=O)NCc3cccc(CN4CCOCC4)c3)cc2)S(C)(=O)=O)cc1C. The van der Waals surface area contributed by atoms with Crippen LogP contribution in [0.5, 0.6) is 0 Å². The van der Waals surface area contributed by atoms with Crippen LogP contribution in [-0.2, 0) is 34.4 Å². The van der Waals surface area contributed by atoms with Crippen LogP contribution in [-0.4, -0.2) is 51.8 Å². The molecular formula is C29H35N3O4S. The molecular weight excluding hydrogens is 486 g/mol. The zero-order valence-corrected chi connectivity index (χ0v) is 22.6. The number of hydrogen-bond donors (Lipinski definition) is 1. The van der Waals surface area contributed by atoms with Crippen LogP contribution in [0.25, 0.3) is 0 Å². The summed E-state index contributed by atoms with van der Waals surface area (Å²) in [4.78, 5) is 15.1. The van der Waals surface area contributed by atoms with Gasteiger partial charge in [0.2, 0.25) is 10.0 Å². The van der Waals surface area contributed by atoms with Crippen molar-refractivity contribution in [2.75, 3.05) is 36.9 Å². The average molecular weight is 522 g/mol. The smallest absolute Gasteiger partial charge is 0.251 e. The van der Waals surface area contributed by atoms with Crippen LogP contribution in [0.2, 0.25) is 0 Å². The summed E-state index contributed by atoms with van der Waals surface area (Å²) in [5, 5.41) is 2.99. The van der Waals surface area contributed by atoms with Crippen molar-refractivity contribution in [3.05, 3.63) is 100 Å². The number of benzene rings is 3. The van der Waals surface area contributed by atoms with Crippen molar-refractivity contribution in [1.82, 2.24) is 10.2 Å². The van der Waals surface area contributed by atoms with E-state index in [1.54, 1.807) is 24.3 Å². The first kappa shape index (κ1) is 26.9. The van der Waals surface area contributed by atoms with Gasteiger partial charge in [-0.3, -0.25) is 14.0 Å². The molecule has 0 saturated carbocycles. The number of rotatable bonds is 9. The molecule has 0 bridgehead atoms. The Morgan fingerprint density at radius 3 is 2.30 bits per heavy atom. The molecule has 1 heterocycles. The molecule has 0 unspecified atom stereocenters. The number of hydrogen-bond acceptors (Lipinski definition) is 5. The number of carbonyl (C=O) groups excluding carboxylic acids is 1. The Labute approximate surface area is 220 Å². The molecule has 0 radical (unpaired) electrons. The Morgan fingerprint density at radius 2 is 1.62 bits per heavy atom. The minimum atomic E-state index is -3.48. The van der Waals surface area contributed by atoms with E-state index in [1.165, 1.54) is 16.1 Å². The van der Waals surface area contributed by atoms with E-state index in [-0.39, 0.29) is 12.5 Å². The maximum Gasteiger partial charge on any atom is 0.251 e. The molecule has 3 aromatic carbocycles. The van der Waals surface area contributed by atoms with Crippen LogP contribution in [0, 0.1) is 13.8 Å². The van der Waals surface area contributed by atoms with E-state index in [0.717, 1.165) is 55.1 Å². The molecule has 196 valence electrons. The van der Waals surface area contributed by atoms with Crippen LogP contribution in [0.15, 0.2) is 66.7 Å². The summed E-state index contributed by atoms with van der Waals surface area (Å²) in [6, 6.07) is 21.0. The quantitative estimate of drug-likeness (QED) is 0.460. The minimum Gasteiger partial charge on any atom is -0.379 e. The Hall–Kier alpha value is -3.20. The molecule has 0 spiro atoms. The van der Waals surface area contributed by atoms with Gasteiger partial charge >= 0.3 is 0 Å². The van der Waals surface area contributed by atoms with Crippen LogP contribution >= 0.6 is 0 Å². The summed E-state index contributed by atoms with van der Waals surface area (Å²) >= 11 is 0. The van der Waals surface area contributed by atoms with Crippen LogP contribution in [0.3, 0.4) is 0 Å². The van der Waals surface area contributed by atoms with Crippen LogP contribution < -0.4 is 9.62 Å². The average Bonchev–Trinajstić information content (AvgIpc) is 2.88. The lowest BCUT2D eigenvalue weighted by atomic mass is 10.1. The van der Waals surface area contributed by atoms with E-state index in [2.05, 4.69) is 22.3 Å². The standard InChI is InChI=1S/C29H35N3O4S/c1-22-7-12-28(17-23(22)2)32(37(3,34)35)21-24-8-10-27(11-9-24)29(33)30-19-25-5-4-6-26(18-25)20-31-13-15-36-16-14-31/h4-12,17-18H,13-16,19-21H2,1-3H3,(H,30,33). The third-order valence-corrected chi connectivity index (χ3v) is 7.82. The van der Waals surface area contributed by atoms with Crippen molar-refractivity contribution in [1.29, 1.82) is 0 Å². The molecule has 1 aliphatic rings. The van der Waals surface area contributed by atoms with E-state index in [4.69, 9.17) is 4.74 Å². The first-order valence-electron chi connectivity index (χ1n) is 12.5. The van der Waals surface area contributed by atoms with E-state index in [0.29, 0.717) is 17.8 Å². The number of aryl methyl sites for hydroxylation is 2. The van der Waals surface area contributed by atoms with Crippen molar-refractivity contribution in [2.45, 2.75) is 33.5 Å². The summed E-state index contributed by atoms with van der Waals surface area (Å²) in [6.07, 6.45) is 1.21. The lowest BCUT2D eigenvalue weighted by molar-refractivity contribution is 0.0342. The molecule has 37 heavy (non-hydrogen) atoms. The fraction of sp³-hybridized carbons (Fsp3) is 0.345. The van der Waals surface area contributed by atoms with Gasteiger partial charge in [0.15, 0.2) is 0 Å². The van der Waals surface area contributed by atoms with Gasteiger partial charge in [-0.05, 0) is 65.9 Å². The highest BCUT2D eigenvalue weighted by Gasteiger charge is 2.19. The third kappa shape index (κ3) is 7.41. The Balaban J connectivity index is 1.37. The van der Waals surface area contributed by atoms with Crippen molar-refractivity contribution in [2.24, 2.45) is 0 Å². The lowest BCUT2D eigenvalue weighted by Crippen LogP contribution is -2.35. The third-order valence-electron chi connectivity index (χ3n) is 6.68. The number of amides is 1. The maximum atomic E-state index is 12.8. The monoisotopic (exact) mass is 521 g/mol. The number of sulfonamides is 1. The molecule has 1 amide bonds. The molecule has 0 aliphatic carbocycles. The minimum absolute atomic E-state index is 0.167. The second-order valence-electron chi connectivity index (χ2n) is 9.63. The lowest BCUT2D eigenvalue weighted by Gasteiger charge is -2.26. The number of nitrogens with one attached hydrogen (secondary N) is 1. The second-order valence-corrected chi connectivity index (χ2v) is 11.5. The van der Waals surface area contributed by atoms with E-state index >= 15 is 0 Å². The molecule has 1 saturated heterocycles. The summed E-state index contributed by atoms with van der Waals surface area (Å²) in [7, 11) is -3.48. The molecule has 0 atom stereocenters. The highest BCUT2D eigenvalue weighted by Crippen LogP contribution is 2.23. The molecule has 1 N–H and O–H groups in total. The number of anilines is 1. The number of nitrogens with zero attached hydrogens (tertiary/aromatic N) is 2. The number of carbonyl (C=O) groups is 1. The summed E-state index contributed by atoms with van der Waals surface area (Å²) in [6.45, 7) is 8.87. The summed E-state index contributed by atoms with van der Waals surface area (Å²) in [5.74, 6) is -0.167. The number of morpholine rings is 1. The maximum absolute atomic E-state index is 12.8. The van der Waals surface area contributed by atoms with Gasteiger partial charge < -0.3 is 10.1 Å². The van der Waals surface area contributed by atoms with Gasteiger partial charge in [-0.25, -0.2) is 8.42 Å². The Morgan fingerprint density at radius 1 is 0.919 bits per heavy atom. The van der Waals surface area contributed by atoms with Crippen LogP contribution in [0.1, 0.15) is 38.2 Å². The van der Waals surface area contributed by atoms with Gasteiger partial charge in [-0.1, -0.05) is 42.5 Å². The van der Waals surface area contributed by atoms with Gasteiger partial charge in [0.1, 0.15) is 0 Å². The van der Waals surface area contributed by atoms with Gasteiger partial charge in [0, 0.05) is 31.7 Å². The topological polar surface area (TPSA) is 79.0 Å². The molecule has 3 aromatic rings. The first-order chi connectivity index (χ1) is 17.7. The fourth-order valence-electron chi connectivity index (χ4n) is 4.35. The largest absolute Gasteiger partial charge is 0.379 e. The Kier molecular flexibility index (Phi) is 8.63. The highest BCUT2D eigenvalue weighted by molar-refractivity contribution is 7.92. The zero-order chi connectivity index (χ0) is 26.4. The normalized spacial score (nSPS) is 14.4. The molecule has 1 aliphatic heterocycles. The summed E-state index contributed by atoms with van der Waals surface area (Å²) in [5.41, 5.74) is 6.37. The van der Waals surface area contributed by atoms with Gasteiger partial charge in [-0.2, -0.15) is 0 Å². The Bertz CT molecular complexity index is 1330. The first-order valence-corrected chi connectivity index (χ1v) is 14.3. The molecule has 4 rings (SSSR count). The molecule has 1 fully saturated rings. The van der Waals surface area contributed by atoms with Gasteiger partial charge in [0.25, 0.3) is 5.91 Å².